The smallest absolute Gasteiger partial charge is 0.0448 e. The summed E-state index contributed by atoms with van der Waals surface area (Å²) in [7, 11) is 0. The molecule has 0 saturated heterocycles. The third-order valence-corrected chi connectivity index (χ3v) is 1.39. The maximum absolute atomic E-state index is 2.28. The second kappa shape index (κ2) is 17.2. The molecule has 12 heavy (non-hydrogen) atoms. The van der Waals surface area contributed by atoms with Crippen LogP contribution in [0.2, 0.25) is 0 Å². The van der Waals surface area contributed by atoms with Crippen LogP contribution in [-0.4, -0.2) is 0 Å². The van der Waals surface area contributed by atoms with Crippen molar-refractivity contribution >= 4 is 0 Å². The molecule has 0 aromatic rings. The van der Waals surface area contributed by atoms with Gasteiger partial charge in [-0.2, -0.15) is 0 Å². The van der Waals surface area contributed by atoms with Gasteiger partial charge in [-0.15, -0.1) is 0 Å². The van der Waals surface area contributed by atoms with Crippen molar-refractivity contribution in [2.24, 2.45) is 11.8 Å². The highest BCUT2D eigenvalue weighted by Crippen LogP contribution is 2.02. The van der Waals surface area contributed by atoms with Crippen molar-refractivity contribution < 1.29 is 0 Å². The van der Waals surface area contributed by atoms with Gasteiger partial charge in [-0.25, -0.2) is 0 Å². The maximum Gasteiger partial charge on any atom is -0.0448 e. The fourth-order valence-corrected chi connectivity index (χ4v) is 0.289. The van der Waals surface area contributed by atoms with Crippen LogP contribution in [-0.2, 0) is 0 Å². The van der Waals surface area contributed by atoms with Gasteiger partial charge in [0.15, 0.2) is 0 Å². The van der Waals surface area contributed by atoms with Crippen molar-refractivity contribution in [1.29, 1.82) is 0 Å². The van der Waals surface area contributed by atoms with Crippen molar-refractivity contribution in [2.75, 3.05) is 0 Å². The Balaban J connectivity index is -0.0000000483. The number of hydrogen-bond acceptors (Lipinski definition) is 0. The molecule has 0 heterocycles. The first kappa shape index (κ1) is 22.7. The van der Waals surface area contributed by atoms with E-state index in [9.17, 15) is 0 Å². The Kier molecular flexibility index (Phi) is 32.5. The Morgan fingerprint density at radius 2 is 0.917 bits per heavy atom. The average Bonchev–Trinajstić information content (AvgIpc) is 1.85. The third kappa shape index (κ3) is 50.6. The molecule has 0 atom stereocenters. The van der Waals surface area contributed by atoms with Gasteiger partial charge in [0, 0.05) is 0 Å². The Hall–Kier alpha value is 0. The monoisotopic (exact) mass is 176 g/mol. The summed E-state index contributed by atoms with van der Waals surface area (Å²) < 4.78 is 0. The predicted octanol–water partition coefficient (Wildman–Crippen LogP) is 5.38. The molecule has 0 heteroatoms. The van der Waals surface area contributed by atoms with Crippen molar-refractivity contribution in [1.82, 2.24) is 0 Å². The topological polar surface area (TPSA) is 0 Å². The minimum Gasteiger partial charge on any atom is -0.0776 e. The van der Waals surface area contributed by atoms with Crippen LogP contribution in [0, 0.1) is 11.8 Å². The maximum atomic E-state index is 2.28. The van der Waals surface area contributed by atoms with Crippen molar-refractivity contribution in [3.05, 3.63) is 0 Å². The number of rotatable bonds is 2. The Morgan fingerprint density at radius 3 is 0.917 bits per heavy atom. The van der Waals surface area contributed by atoms with E-state index in [1.165, 1.54) is 12.8 Å². The Bertz CT molecular complexity index is 39.2. The normalized spacial score (nSPS) is 8.00. The van der Waals surface area contributed by atoms with Crippen LogP contribution in [0.1, 0.15) is 69.2 Å². The summed E-state index contributed by atoms with van der Waals surface area (Å²) in [5.74, 6) is 1.77. The molecule has 80 valence electrons. The van der Waals surface area contributed by atoms with Gasteiger partial charge in [0.25, 0.3) is 0 Å². The standard InChI is InChI=1S/C6H14.C4H10.2CH4/c1-4-6(3)5-2;1-4(2)3;;/h6H,4-5H2,1-3H3;4H,1-3H3;2*1H4. The summed E-state index contributed by atoms with van der Waals surface area (Å²) in [4.78, 5) is 0. The van der Waals surface area contributed by atoms with Gasteiger partial charge in [-0.3, -0.25) is 0 Å². The summed E-state index contributed by atoms with van der Waals surface area (Å²) in [6, 6.07) is 0. The summed E-state index contributed by atoms with van der Waals surface area (Å²) >= 11 is 0. The van der Waals surface area contributed by atoms with Crippen molar-refractivity contribution in [2.45, 2.75) is 69.2 Å². The first-order valence-corrected chi connectivity index (χ1v) is 4.54. The Labute approximate surface area is 81.8 Å². The van der Waals surface area contributed by atoms with Crippen molar-refractivity contribution in [3.63, 3.8) is 0 Å². The first-order chi connectivity index (χ1) is 4.54. The van der Waals surface area contributed by atoms with Crippen LogP contribution in [0.3, 0.4) is 0 Å². The molecule has 0 rings (SSSR count). The molecule has 0 nitrogen and oxygen atoms in total. The van der Waals surface area contributed by atoms with E-state index < -0.39 is 0 Å². The molecular formula is C12H32. The summed E-state index contributed by atoms with van der Waals surface area (Å²) in [6.45, 7) is 13.2. The van der Waals surface area contributed by atoms with E-state index in [-0.39, 0.29) is 14.9 Å². The fraction of sp³-hybridized carbons (Fsp3) is 1.00. The molecule has 0 radical (unpaired) electrons. The van der Waals surface area contributed by atoms with Gasteiger partial charge in [-0.1, -0.05) is 69.2 Å². The number of hydrogen-bond donors (Lipinski definition) is 0. The lowest BCUT2D eigenvalue weighted by atomic mass is 10.1. The molecule has 0 aromatic carbocycles. The average molecular weight is 176 g/mol. The Morgan fingerprint density at radius 1 is 0.750 bits per heavy atom. The minimum absolute atomic E-state index is 0. The largest absolute Gasteiger partial charge is 0.0776 e. The first-order valence-electron chi connectivity index (χ1n) is 4.54. The molecule has 0 spiro atoms. The zero-order valence-electron chi connectivity index (χ0n) is 8.57. The molecule has 0 aromatic heterocycles. The van der Waals surface area contributed by atoms with E-state index in [4.69, 9.17) is 0 Å². The lowest BCUT2D eigenvalue weighted by molar-refractivity contribution is 0.544. The molecule has 0 aliphatic rings. The lowest BCUT2D eigenvalue weighted by Crippen LogP contribution is -1.85. The van der Waals surface area contributed by atoms with Crippen LogP contribution < -0.4 is 0 Å². The molecule has 0 unspecified atom stereocenters. The second-order valence-corrected chi connectivity index (χ2v) is 3.65. The van der Waals surface area contributed by atoms with E-state index >= 15 is 0 Å². The third-order valence-electron chi connectivity index (χ3n) is 1.39. The SMILES string of the molecule is C.C.CC(C)C.CCC(C)CC. The minimum atomic E-state index is 0. The molecular weight excluding hydrogens is 144 g/mol. The van der Waals surface area contributed by atoms with Gasteiger partial charge in [0.2, 0.25) is 0 Å². The molecule has 0 amide bonds. The quantitative estimate of drug-likeness (QED) is 0.530. The second-order valence-electron chi connectivity index (χ2n) is 3.65. The van der Waals surface area contributed by atoms with Crippen LogP contribution in [0.4, 0.5) is 0 Å². The van der Waals surface area contributed by atoms with Gasteiger partial charge in [0.05, 0.1) is 0 Å². The van der Waals surface area contributed by atoms with E-state index in [0.29, 0.717) is 0 Å². The summed E-state index contributed by atoms with van der Waals surface area (Å²) in [5.41, 5.74) is 0. The molecule has 0 aliphatic carbocycles. The summed E-state index contributed by atoms with van der Waals surface area (Å²) in [6.07, 6.45) is 2.66. The van der Waals surface area contributed by atoms with Crippen LogP contribution >= 0.6 is 0 Å². The predicted molar refractivity (Wildman–Crippen MR) is 63.7 cm³/mol. The highest BCUT2D eigenvalue weighted by Gasteiger charge is 1.88. The molecule has 0 N–H and O–H groups in total. The highest BCUT2D eigenvalue weighted by molar-refractivity contribution is 4.41. The zero-order chi connectivity index (χ0) is 8.57. The molecule has 0 saturated carbocycles. The van der Waals surface area contributed by atoms with E-state index in [1.807, 2.05) is 0 Å². The van der Waals surface area contributed by atoms with E-state index in [1.54, 1.807) is 0 Å². The van der Waals surface area contributed by atoms with Crippen LogP contribution in [0.15, 0.2) is 0 Å². The van der Waals surface area contributed by atoms with Crippen molar-refractivity contribution in [3.8, 4) is 0 Å². The lowest BCUT2D eigenvalue weighted by Gasteiger charge is -1.98. The fourth-order valence-electron chi connectivity index (χ4n) is 0.289. The van der Waals surface area contributed by atoms with Gasteiger partial charge in [-0.05, 0) is 11.8 Å². The zero-order valence-corrected chi connectivity index (χ0v) is 8.57. The molecule has 0 bridgehead atoms. The molecule has 0 fully saturated rings. The van der Waals surface area contributed by atoms with Crippen LogP contribution in [0.5, 0.6) is 0 Å². The molecule has 0 aliphatic heterocycles. The van der Waals surface area contributed by atoms with E-state index in [2.05, 4.69) is 41.5 Å². The van der Waals surface area contributed by atoms with Gasteiger partial charge >= 0.3 is 0 Å². The van der Waals surface area contributed by atoms with E-state index in [0.717, 1.165) is 11.8 Å². The van der Waals surface area contributed by atoms with Gasteiger partial charge < -0.3 is 0 Å². The van der Waals surface area contributed by atoms with Crippen LogP contribution in [0.25, 0.3) is 0 Å². The summed E-state index contributed by atoms with van der Waals surface area (Å²) in [5, 5.41) is 0. The highest BCUT2D eigenvalue weighted by atomic mass is 13.9. The van der Waals surface area contributed by atoms with Gasteiger partial charge in [0.1, 0.15) is 0 Å².